The first-order valence-electron chi connectivity index (χ1n) is 9.03. The van der Waals surface area contributed by atoms with Gasteiger partial charge in [-0.15, -0.1) is 21.5 Å². The fourth-order valence-corrected chi connectivity index (χ4v) is 4.69. The Morgan fingerprint density at radius 3 is 2.71 bits per heavy atom. The monoisotopic (exact) mass is 416 g/mol. The van der Waals surface area contributed by atoms with Crippen molar-refractivity contribution in [3.05, 3.63) is 35.1 Å². The average molecular weight is 417 g/mol. The van der Waals surface area contributed by atoms with Crippen LogP contribution in [-0.4, -0.2) is 58.9 Å². The van der Waals surface area contributed by atoms with Crippen molar-refractivity contribution in [1.29, 1.82) is 0 Å². The van der Waals surface area contributed by atoms with E-state index in [9.17, 15) is 4.79 Å². The van der Waals surface area contributed by atoms with Crippen molar-refractivity contribution >= 4 is 39.6 Å². The zero-order chi connectivity index (χ0) is 19.5. The molecule has 146 valence electrons. The molecule has 0 amide bonds. The summed E-state index contributed by atoms with van der Waals surface area (Å²) >= 11 is 3.27. The van der Waals surface area contributed by atoms with Gasteiger partial charge < -0.3 is 14.5 Å². The summed E-state index contributed by atoms with van der Waals surface area (Å²) in [4.78, 5) is 26.4. The molecule has 0 saturated carbocycles. The molecule has 0 bridgehead atoms. The summed E-state index contributed by atoms with van der Waals surface area (Å²) in [6.07, 6.45) is 1.56. The fourth-order valence-electron chi connectivity index (χ4n) is 3.00. The first-order chi connectivity index (χ1) is 13.7. The normalized spacial score (nSPS) is 14.4. The molecule has 0 aromatic carbocycles. The zero-order valence-electron chi connectivity index (χ0n) is 15.7. The van der Waals surface area contributed by atoms with Crippen LogP contribution in [0.3, 0.4) is 0 Å². The fraction of sp³-hybridized carbons (Fsp3) is 0.389. The molecule has 3 aromatic rings. The van der Waals surface area contributed by atoms with Crippen LogP contribution in [0.2, 0.25) is 0 Å². The number of esters is 1. The second-order valence-corrected chi connectivity index (χ2v) is 8.12. The van der Waals surface area contributed by atoms with Gasteiger partial charge >= 0.3 is 5.97 Å². The maximum atomic E-state index is 12.3. The van der Waals surface area contributed by atoms with Crippen molar-refractivity contribution in [2.75, 3.05) is 42.6 Å². The van der Waals surface area contributed by atoms with Gasteiger partial charge in [-0.3, -0.25) is 0 Å². The molecule has 4 heterocycles. The van der Waals surface area contributed by atoms with Gasteiger partial charge in [-0.1, -0.05) is 17.4 Å². The second-order valence-electron chi connectivity index (χ2n) is 6.22. The molecule has 3 aromatic heterocycles. The molecule has 1 fully saturated rings. The number of rotatable bonds is 5. The number of aryl methyl sites for hydroxylation is 1. The predicted molar refractivity (Wildman–Crippen MR) is 110 cm³/mol. The lowest BCUT2D eigenvalue weighted by atomic mass is 10.2. The van der Waals surface area contributed by atoms with Crippen molar-refractivity contribution in [3.63, 3.8) is 0 Å². The van der Waals surface area contributed by atoms with Crippen LogP contribution in [0.15, 0.2) is 23.7 Å². The van der Waals surface area contributed by atoms with E-state index in [0.29, 0.717) is 23.8 Å². The number of carbonyl (C=O) groups excluding carboxylic acids is 1. The molecule has 8 nitrogen and oxygen atoms in total. The number of hydrogen-bond acceptors (Lipinski definition) is 10. The molecular formula is C18H20N6O2S2. The molecule has 4 rings (SSSR count). The lowest BCUT2D eigenvalue weighted by Gasteiger charge is -2.35. The molecule has 0 N–H and O–H groups in total. The molecule has 0 aliphatic carbocycles. The summed E-state index contributed by atoms with van der Waals surface area (Å²) in [6.45, 7) is 6.96. The highest BCUT2D eigenvalue weighted by Gasteiger charge is 2.25. The van der Waals surface area contributed by atoms with Crippen molar-refractivity contribution in [2.45, 2.75) is 13.8 Å². The molecular weight excluding hydrogens is 396 g/mol. The van der Waals surface area contributed by atoms with Gasteiger partial charge in [0.1, 0.15) is 17.2 Å². The van der Waals surface area contributed by atoms with E-state index >= 15 is 0 Å². The van der Waals surface area contributed by atoms with E-state index in [1.807, 2.05) is 18.4 Å². The number of nitrogens with zero attached hydrogens (tertiary/aromatic N) is 6. The summed E-state index contributed by atoms with van der Waals surface area (Å²) in [6, 6.07) is 4.08. The number of hydrogen-bond donors (Lipinski definition) is 0. The number of carbonyl (C=O) groups is 1. The molecule has 0 unspecified atom stereocenters. The molecule has 0 spiro atoms. The van der Waals surface area contributed by atoms with E-state index in [-0.39, 0.29) is 5.97 Å². The van der Waals surface area contributed by atoms with E-state index in [2.05, 4.69) is 36.0 Å². The van der Waals surface area contributed by atoms with Gasteiger partial charge in [-0.25, -0.2) is 14.8 Å². The molecule has 10 heteroatoms. The summed E-state index contributed by atoms with van der Waals surface area (Å²) in [5, 5.41) is 12.6. The van der Waals surface area contributed by atoms with Crippen LogP contribution >= 0.6 is 22.7 Å². The van der Waals surface area contributed by atoms with Crippen LogP contribution in [0.25, 0.3) is 9.88 Å². The van der Waals surface area contributed by atoms with Gasteiger partial charge in [0.2, 0.25) is 5.13 Å². The highest BCUT2D eigenvalue weighted by atomic mass is 32.1. The number of piperazine rings is 1. The summed E-state index contributed by atoms with van der Waals surface area (Å²) < 4.78 is 5.16. The van der Waals surface area contributed by atoms with Crippen LogP contribution in [0.4, 0.5) is 10.9 Å². The minimum Gasteiger partial charge on any atom is -0.462 e. The Bertz CT molecular complexity index is 951. The Balaban J connectivity index is 1.47. The van der Waals surface area contributed by atoms with Crippen LogP contribution < -0.4 is 9.80 Å². The SMILES string of the molecule is CCOC(=O)c1cnc(C)nc1N1CCN(c2nnc(-c3cccs3)s2)CC1. The highest BCUT2D eigenvalue weighted by molar-refractivity contribution is 7.22. The van der Waals surface area contributed by atoms with Crippen molar-refractivity contribution < 1.29 is 9.53 Å². The molecule has 1 aliphatic rings. The molecule has 0 radical (unpaired) electrons. The zero-order valence-corrected chi connectivity index (χ0v) is 17.3. The first-order valence-corrected chi connectivity index (χ1v) is 10.7. The minimum atomic E-state index is -0.385. The maximum Gasteiger partial charge on any atom is 0.343 e. The molecule has 0 atom stereocenters. The van der Waals surface area contributed by atoms with Gasteiger partial charge in [0.15, 0.2) is 5.01 Å². The lowest BCUT2D eigenvalue weighted by Crippen LogP contribution is -2.47. The van der Waals surface area contributed by atoms with Crippen molar-refractivity contribution in [3.8, 4) is 9.88 Å². The number of aromatic nitrogens is 4. The predicted octanol–water partition coefficient (Wildman–Crippen LogP) is 2.87. The number of anilines is 2. The Kier molecular flexibility index (Phi) is 5.49. The third-order valence-corrected chi connectivity index (χ3v) is 6.40. The highest BCUT2D eigenvalue weighted by Crippen LogP contribution is 2.32. The standard InChI is InChI=1S/C18H20N6O2S2/c1-3-26-17(25)13-11-19-12(2)20-15(13)23-6-8-24(9-7-23)18-22-21-16(28-18)14-5-4-10-27-14/h4-5,10-11H,3,6-9H2,1-2H3. The Hall–Kier alpha value is -2.59. The largest absolute Gasteiger partial charge is 0.462 e. The lowest BCUT2D eigenvalue weighted by molar-refractivity contribution is 0.0526. The molecule has 28 heavy (non-hydrogen) atoms. The third-order valence-electron chi connectivity index (χ3n) is 4.38. The quantitative estimate of drug-likeness (QED) is 0.587. The maximum absolute atomic E-state index is 12.3. The van der Waals surface area contributed by atoms with Crippen molar-refractivity contribution in [1.82, 2.24) is 20.2 Å². The van der Waals surface area contributed by atoms with Gasteiger partial charge in [0, 0.05) is 32.4 Å². The van der Waals surface area contributed by atoms with Gasteiger partial charge in [0.05, 0.1) is 11.5 Å². The Labute approximate surface area is 170 Å². The molecule has 1 aliphatic heterocycles. The Morgan fingerprint density at radius 1 is 1.21 bits per heavy atom. The van der Waals surface area contributed by atoms with E-state index in [0.717, 1.165) is 41.2 Å². The van der Waals surface area contributed by atoms with Gasteiger partial charge in [-0.2, -0.15) is 0 Å². The minimum absolute atomic E-state index is 0.323. The van der Waals surface area contributed by atoms with E-state index in [1.54, 1.807) is 35.8 Å². The van der Waals surface area contributed by atoms with E-state index < -0.39 is 0 Å². The average Bonchev–Trinajstić information content (AvgIpc) is 3.40. The van der Waals surface area contributed by atoms with Crippen LogP contribution in [0.5, 0.6) is 0 Å². The summed E-state index contributed by atoms with van der Waals surface area (Å²) in [5.41, 5.74) is 0.414. The van der Waals surface area contributed by atoms with Crippen LogP contribution in [-0.2, 0) is 4.74 Å². The Morgan fingerprint density at radius 2 is 2.00 bits per heavy atom. The number of ether oxygens (including phenoxy) is 1. The van der Waals surface area contributed by atoms with Crippen LogP contribution in [0, 0.1) is 6.92 Å². The first kappa shape index (κ1) is 18.8. The van der Waals surface area contributed by atoms with E-state index in [4.69, 9.17) is 4.74 Å². The number of thiophene rings is 1. The van der Waals surface area contributed by atoms with Crippen molar-refractivity contribution in [2.24, 2.45) is 0 Å². The van der Waals surface area contributed by atoms with E-state index in [1.165, 1.54) is 0 Å². The van der Waals surface area contributed by atoms with Crippen LogP contribution in [0.1, 0.15) is 23.1 Å². The second kappa shape index (κ2) is 8.19. The summed E-state index contributed by atoms with van der Waals surface area (Å²) in [7, 11) is 0. The molecule has 1 saturated heterocycles. The summed E-state index contributed by atoms with van der Waals surface area (Å²) in [5.74, 6) is 0.891. The van der Waals surface area contributed by atoms with Gasteiger partial charge in [0.25, 0.3) is 0 Å². The van der Waals surface area contributed by atoms with Gasteiger partial charge in [-0.05, 0) is 25.3 Å². The third kappa shape index (κ3) is 3.83. The smallest absolute Gasteiger partial charge is 0.343 e. The topological polar surface area (TPSA) is 84.3 Å².